The number of hydrogen-bond donors (Lipinski definition) is 1. The average Bonchev–Trinajstić information content (AvgIpc) is 2.90. The summed E-state index contributed by atoms with van der Waals surface area (Å²) in [4.78, 5) is 0. The molecule has 0 bridgehead atoms. The highest BCUT2D eigenvalue weighted by atomic mass is 16.8. The Labute approximate surface area is 124 Å². The maximum atomic E-state index is 10.2. The highest BCUT2D eigenvalue weighted by Gasteiger charge is 2.53. The van der Waals surface area contributed by atoms with Crippen LogP contribution in [0.25, 0.3) is 0 Å². The number of ether oxygens (including phenoxy) is 4. The lowest BCUT2D eigenvalue weighted by Crippen LogP contribution is -2.34. The van der Waals surface area contributed by atoms with Crippen molar-refractivity contribution in [1.29, 1.82) is 0 Å². The van der Waals surface area contributed by atoms with Crippen LogP contribution in [-0.4, -0.2) is 42.1 Å². The average molecular weight is 294 g/mol. The summed E-state index contributed by atoms with van der Waals surface area (Å²) in [6.07, 6.45) is -1.23. The van der Waals surface area contributed by atoms with Gasteiger partial charge in [-0.3, -0.25) is 0 Å². The van der Waals surface area contributed by atoms with Crippen LogP contribution in [0.3, 0.4) is 0 Å². The zero-order chi connectivity index (χ0) is 14.9. The van der Waals surface area contributed by atoms with Crippen molar-refractivity contribution in [2.24, 2.45) is 0 Å². The van der Waals surface area contributed by atoms with E-state index in [1.54, 1.807) is 0 Å². The molecule has 1 aromatic rings. The van der Waals surface area contributed by atoms with E-state index in [-0.39, 0.29) is 6.10 Å². The van der Waals surface area contributed by atoms with E-state index >= 15 is 0 Å². The fraction of sp³-hybridized carbons (Fsp3) is 0.625. The lowest BCUT2D eigenvalue weighted by molar-refractivity contribution is -0.216. The minimum absolute atomic E-state index is 0.299. The molecule has 116 valence electrons. The predicted molar refractivity (Wildman–Crippen MR) is 75.4 cm³/mol. The molecule has 2 aliphatic heterocycles. The number of rotatable bonds is 5. The molecule has 2 aliphatic rings. The van der Waals surface area contributed by atoms with Crippen LogP contribution in [-0.2, 0) is 25.6 Å². The second-order valence-electron chi connectivity index (χ2n) is 5.96. The van der Waals surface area contributed by atoms with Crippen molar-refractivity contribution in [2.75, 3.05) is 6.61 Å². The van der Waals surface area contributed by atoms with Gasteiger partial charge in [-0.1, -0.05) is 30.3 Å². The van der Waals surface area contributed by atoms with Gasteiger partial charge in [0.15, 0.2) is 12.1 Å². The first-order valence-electron chi connectivity index (χ1n) is 7.36. The topological polar surface area (TPSA) is 57.2 Å². The Morgan fingerprint density at radius 2 is 1.95 bits per heavy atom. The molecular weight excluding hydrogens is 272 g/mol. The van der Waals surface area contributed by atoms with Crippen LogP contribution in [0.15, 0.2) is 30.3 Å². The molecule has 2 saturated heterocycles. The molecule has 0 amide bonds. The minimum atomic E-state index is -0.689. The highest BCUT2D eigenvalue weighted by molar-refractivity contribution is 5.13. The minimum Gasteiger partial charge on any atom is -0.387 e. The molecule has 1 N–H and O–H groups in total. The Balaban J connectivity index is 1.41. The van der Waals surface area contributed by atoms with Crippen LogP contribution in [0, 0.1) is 0 Å². The molecular formula is C16H22O5. The van der Waals surface area contributed by atoms with E-state index in [0.29, 0.717) is 19.6 Å². The summed E-state index contributed by atoms with van der Waals surface area (Å²) < 4.78 is 22.6. The zero-order valence-electron chi connectivity index (χ0n) is 12.4. The van der Waals surface area contributed by atoms with E-state index in [4.69, 9.17) is 18.9 Å². The van der Waals surface area contributed by atoms with E-state index in [2.05, 4.69) is 0 Å². The van der Waals surface area contributed by atoms with Crippen LogP contribution >= 0.6 is 0 Å². The molecule has 0 aromatic heterocycles. The van der Waals surface area contributed by atoms with Gasteiger partial charge in [0.25, 0.3) is 0 Å². The maximum absolute atomic E-state index is 10.2. The molecule has 0 unspecified atom stereocenters. The van der Waals surface area contributed by atoms with Gasteiger partial charge in [-0.2, -0.15) is 0 Å². The van der Waals surface area contributed by atoms with E-state index < -0.39 is 24.3 Å². The molecule has 3 rings (SSSR count). The number of aliphatic hydroxyl groups excluding tert-OH is 1. The fourth-order valence-electron chi connectivity index (χ4n) is 2.76. The van der Waals surface area contributed by atoms with Crippen molar-refractivity contribution >= 4 is 0 Å². The van der Waals surface area contributed by atoms with E-state index in [1.165, 1.54) is 0 Å². The first kappa shape index (κ1) is 14.9. The van der Waals surface area contributed by atoms with Gasteiger partial charge in [0, 0.05) is 6.61 Å². The van der Waals surface area contributed by atoms with Crippen molar-refractivity contribution in [1.82, 2.24) is 0 Å². The quantitative estimate of drug-likeness (QED) is 0.840. The Hall–Kier alpha value is -0.980. The standard InChI is InChI=1S/C16H22O5/c1-16(2)20-14-13(17)12(19-15(14)21-16)8-9-18-10-11-6-4-3-5-7-11/h3-7,12-15,17H,8-10H2,1-2H3/t12-,13+,14-,15-/m1/s1. The summed E-state index contributed by atoms with van der Waals surface area (Å²) >= 11 is 0. The van der Waals surface area contributed by atoms with Crippen molar-refractivity contribution in [3.63, 3.8) is 0 Å². The summed E-state index contributed by atoms with van der Waals surface area (Å²) in [5.41, 5.74) is 1.13. The van der Waals surface area contributed by atoms with Gasteiger partial charge in [-0.05, 0) is 25.8 Å². The van der Waals surface area contributed by atoms with Gasteiger partial charge < -0.3 is 24.1 Å². The number of fused-ring (bicyclic) bond motifs is 1. The Morgan fingerprint density at radius 1 is 1.19 bits per heavy atom. The van der Waals surface area contributed by atoms with E-state index in [0.717, 1.165) is 5.56 Å². The van der Waals surface area contributed by atoms with Crippen molar-refractivity contribution < 1.29 is 24.1 Å². The van der Waals surface area contributed by atoms with E-state index in [1.807, 2.05) is 44.2 Å². The van der Waals surface area contributed by atoms with Crippen LogP contribution in [0.4, 0.5) is 0 Å². The lowest BCUT2D eigenvalue weighted by atomic mass is 10.1. The van der Waals surface area contributed by atoms with Crippen LogP contribution in [0.2, 0.25) is 0 Å². The largest absolute Gasteiger partial charge is 0.387 e. The normalized spacial score (nSPS) is 34.0. The van der Waals surface area contributed by atoms with Crippen LogP contribution in [0.1, 0.15) is 25.8 Å². The van der Waals surface area contributed by atoms with Gasteiger partial charge in [0.1, 0.15) is 12.2 Å². The Morgan fingerprint density at radius 3 is 2.67 bits per heavy atom. The zero-order valence-corrected chi connectivity index (χ0v) is 12.4. The third-order valence-corrected chi connectivity index (χ3v) is 3.77. The number of hydrogen-bond acceptors (Lipinski definition) is 5. The van der Waals surface area contributed by atoms with Gasteiger partial charge in [-0.15, -0.1) is 0 Å². The summed E-state index contributed by atoms with van der Waals surface area (Å²) in [6, 6.07) is 10.00. The molecule has 2 heterocycles. The molecule has 0 saturated carbocycles. The summed E-state index contributed by atoms with van der Waals surface area (Å²) in [5, 5.41) is 10.2. The highest BCUT2D eigenvalue weighted by Crippen LogP contribution is 2.38. The summed E-state index contributed by atoms with van der Waals surface area (Å²) in [5.74, 6) is -0.689. The number of aliphatic hydroxyl groups is 1. The SMILES string of the molecule is CC1(C)O[C@H]2O[C@H](CCOCc3ccccc3)[C@H](O)[C@H]2O1. The summed E-state index contributed by atoms with van der Waals surface area (Å²) in [6.45, 7) is 4.73. The molecule has 5 nitrogen and oxygen atoms in total. The summed E-state index contributed by atoms with van der Waals surface area (Å²) in [7, 11) is 0. The van der Waals surface area contributed by atoms with Gasteiger partial charge in [0.05, 0.1) is 12.7 Å². The molecule has 2 fully saturated rings. The van der Waals surface area contributed by atoms with Crippen LogP contribution < -0.4 is 0 Å². The molecule has 4 atom stereocenters. The number of benzene rings is 1. The Kier molecular flexibility index (Phi) is 4.28. The monoisotopic (exact) mass is 294 g/mol. The first-order valence-corrected chi connectivity index (χ1v) is 7.36. The Bertz CT molecular complexity index is 461. The molecule has 1 aromatic carbocycles. The molecule has 0 aliphatic carbocycles. The van der Waals surface area contributed by atoms with Gasteiger partial charge >= 0.3 is 0 Å². The second-order valence-corrected chi connectivity index (χ2v) is 5.96. The molecule has 5 heteroatoms. The first-order chi connectivity index (χ1) is 10.1. The fourth-order valence-corrected chi connectivity index (χ4v) is 2.76. The van der Waals surface area contributed by atoms with Crippen molar-refractivity contribution in [3.8, 4) is 0 Å². The molecule has 21 heavy (non-hydrogen) atoms. The maximum Gasteiger partial charge on any atom is 0.190 e. The smallest absolute Gasteiger partial charge is 0.190 e. The second kappa shape index (κ2) is 6.02. The van der Waals surface area contributed by atoms with Gasteiger partial charge in [-0.25, -0.2) is 0 Å². The molecule has 0 spiro atoms. The van der Waals surface area contributed by atoms with Crippen molar-refractivity contribution in [2.45, 2.75) is 57.3 Å². The van der Waals surface area contributed by atoms with Crippen molar-refractivity contribution in [3.05, 3.63) is 35.9 Å². The third-order valence-electron chi connectivity index (χ3n) is 3.77. The molecule has 0 radical (unpaired) electrons. The third kappa shape index (κ3) is 3.44. The predicted octanol–water partition coefficient (Wildman–Crippen LogP) is 1.83. The van der Waals surface area contributed by atoms with E-state index in [9.17, 15) is 5.11 Å². The van der Waals surface area contributed by atoms with Gasteiger partial charge in [0.2, 0.25) is 0 Å². The lowest BCUT2D eigenvalue weighted by Gasteiger charge is -2.22. The van der Waals surface area contributed by atoms with Crippen LogP contribution in [0.5, 0.6) is 0 Å².